The molecule has 0 aliphatic heterocycles. The minimum atomic E-state index is 0.552. The first-order chi connectivity index (χ1) is 11.0. The lowest BCUT2D eigenvalue weighted by Crippen LogP contribution is -2.06. The molecular weight excluding hydrogens is 401 g/mol. The highest BCUT2D eigenvalue weighted by molar-refractivity contribution is 9.10. The lowest BCUT2D eigenvalue weighted by atomic mass is 10.1. The van der Waals surface area contributed by atoms with Gasteiger partial charge in [0.15, 0.2) is 11.5 Å². The van der Waals surface area contributed by atoms with Crippen LogP contribution >= 0.6 is 39.1 Å². The minimum absolute atomic E-state index is 0.552. The molecule has 0 fully saturated rings. The number of methoxy groups -OCH3 is 1. The molecule has 1 N–H and O–H groups in total. The van der Waals surface area contributed by atoms with E-state index in [1.807, 2.05) is 18.2 Å². The molecule has 124 valence electrons. The van der Waals surface area contributed by atoms with Gasteiger partial charge in [-0.1, -0.05) is 46.1 Å². The van der Waals surface area contributed by atoms with Gasteiger partial charge < -0.3 is 14.8 Å². The molecule has 2 aromatic carbocycles. The second kappa shape index (κ2) is 8.67. The monoisotopic (exact) mass is 417 g/mol. The Morgan fingerprint density at radius 1 is 1.17 bits per heavy atom. The van der Waals surface area contributed by atoms with E-state index in [0.717, 1.165) is 27.9 Å². The van der Waals surface area contributed by atoms with Crippen LogP contribution in [0.15, 0.2) is 34.8 Å². The number of rotatable bonds is 7. The summed E-state index contributed by atoms with van der Waals surface area (Å²) in [4.78, 5) is 0. The van der Waals surface area contributed by atoms with Crippen molar-refractivity contribution in [3.05, 3.63) is 50.4 Å². The van der Waals surface area contributed by atoms with E-state index >= 15 is 0 Å². The molecule has 2 rings (SSSR count). The van der Waals surface area contributed by atoms with Gasteiger partial charge in [-0.05, 0) is 36.8 Å². The Morgan fingerprint density at radius 2 is 1.96 bits per heavy atom. The van der Waals surface area contributed by atoms with Crippen LogP contribution in [0.4, 0.5) is 5.69 Å². The van der Waals surface area contributed by atoms with Gasteiger partial charge >= 0.3 is 0 Å². The Labute approximate surface area is 155 Å². The molecular formula is C17H18BrCl2NO2. The molecule has 0 saturated heterocycles. The molecule has 0 bridgehead atoms. The van der Waals surface area contributed by atoms with Crippen LogP contribution in [0.1, 0.15) is 18.9 Å². The van der Waals surface area contributed by atoms with E-state index < -0.39 is 0 Å². The van der Waals surface area contributed by atoms with E-state index in [2.05, 4.69) is 28.2 Å². The maximum atomic E-state index is 6.20. The van der Waals surface area contributed by atoms with Crippen molar-refractivity contribution in [2.24, 2.45) is 0 Å². The van der Waals surface area contributed by atoms with Gasteiger partial charge in [0.05, 0.1) is 24.4 Å². The van der Waals surface area contributed by atoms with Gasteiger partial charge in [-0.15, -0.1) is 0 Å². The van der Waals surface area contributed by atoms with Crippen LogP contribution in [0.3, 0.4) is 0 Å². The van der Waals surface area contributed by atoms with Crippen molar-refractivity contribution in [2.75, 3.05) is 19.0 Å². The number of nitrogens with one attached hydrogen (secondary N) is 1. The average Bonchev–Trinajstić information content (AvgIpc) is 2.52. The van der Waals surface area contributed by atoms with Crippen LogP contribution in [0.25, 0.3) is 0 Å². The van der Waals surface area contributed by atoms with E-state index in [4.69, 9.17) is 32.7 Å². The molecule has 3 nitrogen and oxygen atoms in total. The molecule has 23 heavy (non-hydrogen) atoms. The van der Waals surface area contributed by atoms with Crippen LogP contribution < -0.4 is 14.8 Å². The van der Waals surface area contributed by atoms with Gasteiger partial charge in [-0.2, -0.15) is 0 Å². The average molecular weight is 419 g/mol. The van der Waals surface area contributed by atoms with E-state index in [-0.39, 0.29) is 0 Å². The van der Waals surface area contributed by atoms with Crippen molar-refractivity contribution in [3.8, 4) is 11.5 Å². The van der Waals surface area contributed by atoms with Crippen molar-refractivity contribution < 1.29 is 9.47 Å². The maximum absolute atomic E-state index is 6.20. The highest BCUT2D eigenvalue weighted by Crippen LogP contribution is 2.36. The summed E-state index contributed by atoms with van der Waals surface area (Å²) < 4.78 is 12.2. The Bertz CT molecular complexity index is 680. The molecule has 0 aromatic heterocycles. The number of hydrogen-bond acceptors (Lipinski definition) is 3. The molecule has 0 spiro atoms. The van der Waals surface area contributed by atoms with Crippen molar-refractivity contribution in [1.82, 2.24) is 0 Å². The molecule has 2 aromatic rings. The third-order valence-electron chi connectivity index (χ3n) is 3.17. The standard InChI is InChI=1S/C17H18BrCl2NO2/c1-3-6-23-17-11(7-12(18)8-16(17)22-2)10-21-15-5-4-13(19)9-14(15)20/h4-5,7-9,21H,3,6,10H2,1-2H3. The first-order valence-electron chi connectivity index (χ1n) is 7.23. The summed E-state index contributed by atoms with van der Waals surface area (Å²) in [6.07, 6.45) is 0.926. The van der Waals surface area contributed by atoms with Crippen LogP contribution in [-0.4, -0.2) is 13.7 Å². The van der Waals surface area contributed by atoms with Gasteiger partial charge in [-0.25, -0.2) is 0 Å². The summed E-state index contributed by atoms with van der Waals surface area (Å²) in [6, 6.07) is 9.26. The van der Waals surface area contributed by atoms with Crippen molar-refractivity contribution in [1.29, 1.82) is 0 Å². The van der Waals surface area contributed by atoms with Crippen molar-refractivity contribution in [2.45, 2.75) is 19.9 Å². The first-order valence-corrected chi connectivity index (χ1v) is 8.78. The number of benzene rings is 2. The van der Waals surface area contributed by atoms with E-state index in [1.165, 1.54) is 0 Å². The SMILES string of the molecule is CCCOc1c(CNc2ccc(Cl)cc2Cl)cc(Br)cc1OC. The molecule has 0 heterocycles. The van der Waals surface area contributed by atoms with Gasteiger partial charge in [0.25, 0.3) is 0 Å². The summed E-state index contributed by atoms with van der Waals surface area (Å²) in [5.41, 5.74) is 1.80. The Balaban J connectivity index is 2.25. The molecule has 0 aliphatic rings. The quantitative estimate of drug-likeness (QED) is 0.583. The fraction of sp³-hybridized carbons (Fsp3) is 0.294. The number of halogens is 3. The van der Waals surface area contributed by atoms with E-state index in [9.17, 15) is 0 Å². The Morgan fingerprint density at radius 3 is 2.61 bits per heavy atom. The number of hydrogen-bond donors (Lipinski definition) is 1. The second-order valence-electron chi connectivity index (χ2n) is 4.92. The van der Waals surface area contributed by atoms with Gasteiger partial charge in [0, 0.05) is 21.6 Å². The molecule has 0 atom stereocenters. The van der Waals surface area contributed by atoms with Crippen LogP contribution in [-0.2, 0) is 6.54 Å². The normalized spacial score (nSPS) is 10.5. The van der Waals surface area contributed by atoms with Gasteiger partial charge in [0.2, 0.25) is 0 Å². The Kier molecular flexibility index (Phi) is 6.88. The summed E-state index contributed by atoms with van der Waals surface area (Å²) >= 11 is 15.6. The van der Waals surface area contributed by atoms with Crippen LogP contribution in [0, 0.1) is 0 Å². The summed E-state index contributed by atoms with van der Waals surface area (Å²) in [5.74, 6) is 1.45. The van der Waals surface area contributed by atoms with E-state index in [0.29, 0.717) is 28.9 Å². The lowest BCUT2D eigenvalue weighted by Gasteiger charge is -2.17. The van der Waals surface area contributed by atoms with Crippen molar-refractivity contribution >= 4 is 44.8 Å². The number of anilines is 1. The topological polar surface area (TPSA) is 30.5 Å². The molecule has 0 aliphatic carbocycles. The number of ether oxygens (including phenoxy) is 2. The summed E-state index contributed by atoms with van der Waals surface area (Å²) in [7, 11) is 1.63. The zero-order valence-corrected chi connectivity index (χ0v) is 16.1. The fourth-order valence-electron chi connectivity index (χ4n) is 2.10. The molecule has 6 heteroatoms. The van der Waals surface area contributed by atoms with Crippen LogP contribution in [0.2, 0.25) is 10.0 Å². The summed E-state index contributed by atoms with van der Waals surface area (Å²) in [6.45, 7) is 3.25. The summed E-state index contributed by atoms with van der Waals surface area (Å²) in [5, 5.41) is 4.49. The molecule has 0 radical (unpaired) electrons. The molecule has 0 unspecified atom stereocenters. The van der Waals surface area contributed by atoms with Gasteiger partial charge in [-0.3, -0.25) is 0 Å². The third kappa shape index (κ3) is 4.93. The predicted octanol–water partition coefficient (Wildman–Crippen LogP) is 6.17. The third-order valence-corrected chi connectivity index (χ3v) is 4.17. The van der Waals surface area contributed by atoms with Crippen molar-refractivity contribution in [3.63, 3.8) is 0 Å². The molecule has 0 amide bonds. The zero-order valence-electron chi connectivity index (χ0n) is 13.0. The van der Waals surface area contributed by atoms with Crippen LogP contribution in [0.5, 0.6) is 11.5 Å². The highest BCUT2D eigenvalue weighted by atomic mass is 79.9. The zero-order chi connectivity index (χ0) is 16.8. The lowest BCUT2D eigenvalue weighted by molar-refractivity contribution is 0.291. The smallest absolute Gasteiger partial charge is 0.166 e. The predicted molar refractivity (Wildman–Crippen MR) is 100 cm³/mol. The molecule has 0 saturated carbocycles. The largest absolute Gasteiger partial charge is 0.493 e. The first kappa shape index (κ1) is 18.2. The highest BCUT2D eigenvalue weighted by Gasteiger charge is 2.13. The fourth-order valence-corrected chi connectivity index (χ4v) is 3.06. The second-order valence-corrected chi connectivity index (χ2v) is 6.68. The Hall–Kier alpha value is -1.10. The van der Waals surface area contributed by atoms with Gasteiger partial charge in [0.1, 0.15) is 0 Å². The van der Waals surface area contributed by atoms with E-state index in [1.54, 1.807) is 19.2 Å². The minimum Gasteiger partial charge on any atom is -0.493 e. The maximum Gasteiger partial charge on any atom is 0.166 e.